The van der Waals surface area contributed by atoms with Gasteiger partial charge >= 0.3 is 0 Å². The zero-order valence-corrected chi connectivity index (χ0v) is 13.3. The highest BCUT2D eigenvalue weighted by atomic mass is 35.5. The van der Waals surface area contributed by atoms with Gasteiger partial charge in [-0.15, -0.1) is 11.3 Å². The fourth-order valence-electron chi connectivity index (χ4n) is 2.30. The number of hydrogen-bond donors (Lipinski definition) is 1. The number of rotatable bonds is 4. The summed E-state index contributed by atoms with van der Waals surface area (Å²) < 4.78 is 0. The normalized spacial score (nSPS) is 15.6. The lowest BCUT2D eigenvalue weighted by Gasteiger charge is -2.16. The van der Waals surface area contributed by atoms with Gasteiger partial charge in [0.25, 0.3) is 0 Å². The topological polar surface area (TPSA) is 33.1 Å². The molecule has 1 aromatic carbocycles. The lowest BCUT2D eigenvalue weighted by atomic mass is 10.0. The Kier molecular flexibility index (Phi) is 3.61. The average Bonchev–Trinajstić information content (AvgIpc) is 3.12. The number of hydrogen-bond acceptors (Lipinski definition) is 3. The summed E-state index contributed by atoms with van der Waals surface area (Å²) in [6.45, 7) is 3.69. The van der Waals surface area contributed by atoms with Crippen LogP contribution in [0.4, 0.5) is 0 Å². The summed E-state index contributed by atoms with van der Waals surface area (Å²) in [7, 11) is 0. The van der Waals surface area contributed by atoms with Crippen molar-refractivity contribution in [2.45, 2.75) is 44.6 Å². The average molecular weight is 308 g/mol. The second kappa shape index (κ2) is 5.14. The summed E-state index contributed by atoms with van der Waals surface area (Å²) in [5.41, 5.74) is 1.52. The molecule has 0 aliphatic heterocycles. The Morgan fingerprint density at radius 1 is 1.30 bits per heavy atom. The summed E-state index contributed by atoms with van der Waals surface area (Å²) >= 11 is 7.55. The molecule has 4 heteroatoms. The highest BCUT2D eigenvalue weighted by Gasteiger charge is 2.34. The van der Waals surface area contributed by atoms with Crippen LogP contribution in [-0.2, 0) is 12.0 Å². The van der Waals surface area contributed by atoms with E-state index in [0.29, 0.717) is 5.92 Å². The molecule has 0 spiro atoms. The van der Waals surface area contributed by atoms with Crippen LogP contribution < -0.4 is 0 Å². The first-order valence-corrected chi connectivity index (χ1v) is 8.10. The molecule has 1 fully saturated rings. The van der Waals surface area contributed by atoms with Gasteiger partial charge in [-0.05, 0) is 44.4 Å². The second-order valence-corrected chi connectivity index (χ2v) is 7.48. The Morgan fingerprint density at radius 2 is 1.95 bits per heavy atom. The molecule has 0 saturated heterocycles. The minimum Gasteiger partial charge on any atom is -0.385 e. The largest absolute Gasteiger partial charge is 0.385 e. The van der Waals surface area contributed by atoms with E-state index in [1.165, 1.54) is 18.4 Å². The van der Waals surface area contributed by atoms with E-state index in [0.717, 1.165) is 27.0 Å². The van der Waals surface area contributed by atoms with E-state index in [9.17, 15) is 5.11 Å². The summed E-state index contributed by atoms with van der Waals surface area (Å²) in [6.07, 6.45) is 3.21. The van der Waals surface area contributed by atoms with Crippen LogP contribution in [0.15, 0.2) is 24.3 Å². The van der Waals surface area contributed by atoms with Gasteiger partial charge in [0, 0.05) is 17.4 Å². The number of aromatic nitrogens is 1. The summed E-state index contributed by atoms with van der Waals surface area (Å²) in [5, 5.41) is 12.1. The number of thiazole rings is 1. The standard InChI is InChI=1S/C16H18ClNOS/c1-16(2,19)15-14(11-5-6-11)18-13(20-15)9-10-3-7-12(17)8-4-10/h3-4,7-8,11,19H,5-6,9H2,1-2H3. The van der Waals surface area contributed by atoms with Crippen molar-refractivity contribution in [2.75, 3.05) is 0 Å². The van der Waals surface area contributed by atoms with Crippen molar-refractivity contribution in [3.05, 3.63) is 50.4 Å². The third kappa shape index (κ3) is 3.05. The fraction of sp³-hybridized carbons (Fsp3) is 0.438. The van der Waals surface area contributed by atoms with Crippen LogP contribution in [0.2, 0.25) is 5.02 Å². The Morgan fingerprint density at radius 3 is 2.50 bits per heavy atom. The van der Waals surface area contributed by atoms with Gasteiger partial charge in [0.15, 0.2) is 0 Å². The molecule has 1 saturated carbocycles. The third-order valence-corrected chi connectivity index (χ3v) is 5.12. The van der Waals surface area contributed by atoms with Gasteiger partial charge in [0.05, 0.1) is 21.2 Å². The Hall–Kier alpha value is -0.900. The van der Waals surface area contributed by atoms with Gasteiger partial charge in [-0.1, -0.05) is 23.7 Å². The van der Waals surface area contributed by atoms with Gasteiger partial charge in [-0.25, -0.2) is 4.98 Å². The highest BCUT2D eigenvalue weighted by molar-refractivity contribution is 7.11. The molecule has 3 rings (SSSR count). The van der Waals surface area contributed by atoms with Crippen molar-refractivity contribution in [1.29, 1.82) is 0 Å². The molecule has 0 atom stereocenters. The number of benzene rings is 1. The maximum absolute atomic E-state index is 10.3. The maximum atomic E-state index is 10.3. The van der Waals surface area contributed by atoms with E-state index in [1.54, 1.807) is 11.3 Å². The van der Waals surface area contributed by atoms with Gasteiger partial charge in [-0.2, -0.15) is 0 Å². The predicted molar refractivity (Wildman–Crippen MR) is 83.6 cm³/mol. The molecule has 1 aliphatic carbocycles. The van der Waals surface area contributed by atoms with E-state index in [-0.39, 0.29) is 0 Å². The highest BCUT2D eigenvalue weighted by Crippen LogP contribution is 2.45. The Labute approximate surface area is 128 Å². The van der Waals surface area contributed by atoms with Gasteiger partial charge in [0.1, 0.15) is 0 Å². The van der Waals surface area contributed by atoms with Gasteiger partial charge in [0.2, 0.25) is 0 Å². The molecule has 106 valence electrons. The molecule has 2 nitrogen and oxygen atoms in total. The Bertz CT molecular complexity index is 608. The van der Waals surface area contributed by atoms with Crippen LogP contribution in [0.25, 0.3) is 0 Å². The second-order valence-electron chi connectivity index (χ2n) is 5.96. The molecular formula is C16H18ClNOS. The van der Waals surface area contributed by atoms with Crippen molar-refractivity contribution in [3.8, 4) is 0 Å². The van der Waals surface area contributed by atoms with Crippen LogP contribution in [-0.4, -0.2) is 10.1 Å². The van der Waals surface area contributed by atoms with Crippen molar-refractivity contribution in [3.63, 3.8) is 0 Å². The van der Waals surface area contributed by atoms with E-state index < -0.39 is 5.60 Å². The van der Waals surface area contributed by atoms with E-state index >= 15 is 0 Å². The van der Waals surface area contributed by atoms with Crippen molar-refractivity contribution in [2.24, 2.45) is 0 Å². The van der Waals surface area contributed by atoms with E-state index in [1.807, 2.05) is 38.1 Å². The zero-order valence-electron chi connectivity index (χ0n) is 11.7. The smallest absolute Gasteiger partial charge is 0.0976 e. The lowest BCUT2D eigenvalue weighted by molar-refractivity contribution is 0.0813. The first-order valence-electron chi connectivity index (χ1n) is 6.90. The van der Waals surface area contributed by atoms with Crippen molar-refractivity contribution >= 4 is 22.9 Å². The molecule has 0 unspecified atom stereocenters. The lowest BCUT2D eigenvalue weighted by Crippen LogP contribution is -2.15. The fourth-order valence-corrected chi connectivity index (χ4v) is 3.61. The van der Waals surface area contributed by atoms with Crippen LogP contribution in [0.1, 0.15) is 53.7 Å². The number of nitrogens with zero attached hydrogens (tertiary/aromatic N) is 1. The molecule has 20 heavy (non-hydrogen) atoms. The first-order chi connectivity index (χ1) is 9.43. The zero-order chi connectivity index (χ0) is 14.3. The minimum absolute atomic E-state index is 0.562. The molecule has 0 bridgehead atoms. The van der Waals surface area contributed by atoms with Crippen LogP contribution >= 0.6 is 22.9 Å². The molecule has 0 radical (unpaired) electrons. The van der Waals surface area contributed by atoms with Gasteiger partial charge < -0.3 is 5.11 Å². The number of aliphatic hydroxyl groups is 1. The summed E-state index contributed by atoms with van der Waals surface area (Å²) in [4.78, 5) is 5.81. The maximum Gasteiger partial charge on any atom is 0.0976 e. The van der Waals surface area contributed by atoms with Crippen LogP contribution in [0, 0.1) is 0 Å². The van der Waals surface area contributed by atoms with Gasteiger partial charge in [-0.3, -0.25) is 0 Å². The van der Waals surface area contributed by atoms with E-state index in [4.69, 9.17) is 16.6 Å². The molecule has 1 aromatic heterocycles. The minimum atomic E-state index is -0.798. The molecule has 1 aliphatic rings. The number of halogens is 1. The summed E-state index contributed by atoms with van der Waals surface area (Å²) in [6, 6.07) is 7.88. The van der Waals surface area contributed by atoms with Crippen molar-refractivity contribution in [1.82, 2.24) is 4.98 Å². The Balaban J connectivity index is 1.88. The summed E-state index contributed by atoms with van der Waals surface area (Å²) in [5.74, 6) is 0.562. The first kappa shape index (κ1) is 14.1. The monoisotopic (exact) mass is 307 g/mol. The third-order valence-electron chi connectivity index (χ3n) is 3.49. The molecule has 2 aromatic rings. The molecule has 0 amide bonds. The molecular weight excluding hydrogens is 290 g/mol. The quantitative estimate of drug-likeness (QED) is 0.902. The van der Waals surface area contributed by atoms with Crippen molar-refractivity contribution < 1.29 is 5.11 Å². The van der Waals surface area contributed by atoms with E-state index in [2.05, 4.69) is 0 Å². The van der Waals surface area contributed by atoms with Crippen LogP contribution in [0.5, 0.6) is 0 Å². The predicted octanol–water partition coefficient (Wildman–Crippen LogP) is 4.49. The molecule has 1 N–H and O–H groups in total. The SMILES string of the molecule is CC(C)(O)c1sc(Cc2ccc(Cl)cc2)nc1C1CC1. The van der Waals surface area contributed by atoms with Crippen LogP contribution in [0.3, 0.4) is 0 Å². The molecule has 1 heterocycles.